The molecule has 0 atom stereocenters. The quantitative estimate of drug-likeness (QED) is 0.420. The van der Waals surface area contributed by atoms with Crippen LogP contribution in [0.5, 0.6) is 0 Å². The molecular weight excluding hydrogens is 368 g/mol. The van der Waals surface area contributed by atoms with Crippen LogP contribution in [0.25, 0.3) is 15.9 Å². The summed E-state index contributed by atoms with van der Waals surface area (Å²) in [5.41, 5.74) is 1.07. The van der Waals surface area contributed by atoms with Gasteiger partial charge in [-0.25, -0.2) is 14.6 Å². The number of benzene rings is 2. The van der Waals surface area contributed by atoms with Crippen LogP contribution in [0.1, 0.15) is 15.4 Å². The summed E-state index contributed by atoms with van der Waals surface area (Å²) >= 11 is 1.49. The van der Waals surface area contributed by atoms with Gasteiger partial charge in [-0.05, 0) is 24.3 Å². The lowest BCUT2D eigenvalue weighted by atomic mass is 10.1. The first-order valence-corrected chi connectivity index (χ1v) is 8.69. The predicted molar refractivity (Wildman–Crippen MR) is 98.8 cm³/mol. The number of nitrogens with zero attached hydrogens (tertiary/aromatic N) is 5. The number of nitro groups is 1. The van der Waals surface area contributed by atoms with Crippen molar-refractivity contribution >= 4 is 33.1 Å². The van der Waals surface area contributed by atoms with Gasteiger partial charge in [0.1, 0.15) is 23.3 Å². The molecule has 0 fully saturated rings. The standard InChI is InChI=1S/C17H12N6O3S/c24-17(19-8-16-21-12-3-1-2-4-15(12)27-16)11-5-6-13(14(7-11)23(25)26)22-10-18-9-20-22/h1-7,9-10H,8H2,(H,19,24). The Labute approximate surface area is 156 Å². The summed E-state index contributed by atoms with van der Waals surface area (Å²) in [5, 5.41) is 18.8. The van der Waals surface area contributed by atoms with Gasteiger partial charge in [0.05, 0.1) is 21.7 Å². The molecule has 0 aliphatic carbocycles. The second-order valence-electron chi connectivity index (χ2n) is 5.56. The van der Waals surface area contributed by atoms with E-state index >= 15 is 0 Å². The lowest BCUT2D eigenvalue weighted by molar-refractivity contribution is -0.384. The average molecular weight is 380 g/mol. The fourth-order valence-electron chi connectivity index (χ4n) is 2.59. The highest BCUT2D eigenvalue weighted by Gasteiger charge is 2.19. The fraction of sp³-hybridized carbons (Fsp3) is 0.0588. The van der Waals surface area contributed by atoms with Gasteiger partial charge in [0, 0.05) is 11.6 Å². The molecular formula is C17H12N6O3S. The third-order valence-corrected chi connectivity index (χ3v) is 4.87. The van der Waals surface area contributed by atoms with E-state index in [9.17, 15) is 14.9 Å². The van der Waals surface area contributed by atoms with Crippen molar-refractivity contribution in [2.75, 3.05) is 0 Å². The van der Waals surface area contributed by atoms with Crippen molar-refractivity contribution in [1.82, 2.24) is 25.1 Å². The van der Waals surface area contributed by atoms with Crippen LogP contribution in [0.15, 0.2) is 55.1 Å². The van der Waals surface area contributed by atoms with Crippen LogP contribution >= 0.6 is 11.3 Å². The number of nitrogens with one attached hydrogen (secondary N) is 1. The minimum Gasteiger partial charge on any atom is -0.346 e. The van der Waals surface area contributed by atoms with Crippen LogP contribution in [-0.2, 0) is 6.54 Å². The van der Waals surface area contributed by atoms with Crippen molar-refractivity contribution in [3.05, 3.63) is 75.8 Å². The van der Waals surface area contributed by atoms with E-state index in [0.717, 1.165) is 15.2 Å². The van der Waals surface area contributed by atoms with Crippen LogP contribution in [0.2, 0.25) is 0 Å². The number of aromatic nitrogens is 4. The van der Waals surface area contributed by atoms with Crippen LogP contribution < -0.4 is 5.32 Å². The van der Waals surface area contributed by atoms with E-state index in [2.05, 4.69) is 20.4 Å². The van der Waals surface area contributed by atoms with E-state index in [0.29, 0.717) is 0 Å². The van der Waals surface area contributed by atoms with Crippen LogP contribution in [0, 0.1) is 10.1 Å². The maximum Gasteiger partial charge on any atom is 0.295 e. The Bertz CT molecular complexity index is 1110. The average Bonchev–Trinajstić information content (AvgIpc) is 3.34. The van der Waals surface area contributed by atoms with Crippen LogP contribution in [0.4, 0.5) is 5.69 Å². The van der Waals surface area contributed by atoms with Crippen molar-refractivity contribution in [2.45, 2.75) is 6.54 Å². The van der Waals surface area contributed by atoms with Crippen LogP contribution in [-0.4, -0.2) is 30.6 Å². The number of rotatable bonds is 5. The largest absolute Gasteiger partial charge is 0.346 e. The summed E-state index contributed by atoms with van der Waals surface area (Å²) in [6.07, 6.45) is 2.64. The molecule has 0 radical (unpaired) electrons. The molecule has 0 aliphatic rings. The van der Waals surface area contributed by atoms with E-state index in [1.807, 2.05) is 24.3 Å². The molecule has 0 saturated heterocycles. The van der Waals surface area contributed by atoms with Crippen molar-refractivity contribution < 1.29 is 9.72 Å². The van der Waals surface area contributed by atoms with E-state index in [4.69, 9.17) is 0 Å². The molecule has 2 heterocycles. The Morgan fingerprint density at radius 3 is 2.85 bits per heavy atom. The molecule has 4 aromatic rings. The van der Waals surface area contributed by atoms with Gasteiger partial charge in [-0.15, -0.1) is 11.3 Å². The Morgan fingerprint density at radius 1 is 1.26 bits per heavy atom. The van der Waals surface area contributed by atoms with Gasteiger partial charge in [0.15, 0.2) is 0 Å². The molecule has 134 valence electrons. The molecule has 0 bridgehead atoms. The maximum absolute atomic E-state index is 12.4. The summed E-state index contributed by atoms with van der Waals surface area (Å²) in [6.45, 7) is 0.247. The molecule has 0 aliphatic heterocycles. The first-order chi connectivity index (χ1) is 13.1. The highest BCUT2D eigenvalue weighted by atomic mass is 32.1. The topological polar surface area (TPSA) is 116 Å². The summed E-state index contributed by atoms with van der Waals surface area (Å²) in [7, 11) is 0. The van der Waals surface area contributed by atoms with Crippen molar-refractivity contribution in [3.63, 3.8) is 0 Å². The SMILES string of the molecule is O=C(NCc1nc2ccccc2s1)c1ccc(-n2cncn2)c([N+](=O)[O-])c1. The number of nitro benzene ring substituents is 1. The first kappa shape index (κ1) is 16.8. The lowest BCUT2D eigenvalue weighted by Crippen LogP contribution is -2.23. The zero-order valence-corrected chi connectivity index (χ0v) is 14.6. The molecule has 0 unspecified atom stereocenters. The second-order valence-corrected chi connectivity index (χ2v) is 6.67. The second kappa shape index (κ2) is 6.92. The Kier molecular flexibility index (Phi) is 4.30. The molecule has 2 aromatic carbocycles. The van der Waals surface area contributed by atoms with Gasteiger partial charge >= 0.3 is 0 Å². The number of thiazole rings is 1. The highest BCUT2D eigenvalue weighted by molar-refractivity contribution is 7.18. The molecule has 2 aromatic heterocycles. The van der Waals surface area contributed by atoms with Gasteiger partial charge in [0.2, 0.25) is 0 Å². The van der Waals surface area contributed by atoms with Gasteiger partial charge in [-0.3, -0.25) is 14.9 Å². The first-order valence-electron chi connectivity index (χ1n) is 7.88. The number of hydrogen-bond donors (Lipinski definition) is 1. The molecule has 10 heteroatoms. The highest BCUT2D eigenvalue weighted by Crippen LogP contribution is 2.24. The van der Waals surface area contributed by atoms with E-state index in [1.165, 1.54) is 46.9 Å². The third-order valence-electron chi connectivity index (χ3n) is 3.84. The maximum atomic E-state index is 12.4. The van der Waals surface area contributed by atoms with Gasteiger partial charge in [-0.2, -0.15) is 5.10 Å². The molecule has 4 rings (SSSR count). The third kappa shape index (κ3) is 3.37. The Morgan fingerprint density at radius 2 is 2.11 bits per heavy atom. The smallest absolute Gasteiger partial charge is 0.295 e. The molecule has 9 nitrogen and oxygen atoms in total. The van der Waals surface area contributed by atoms with Crippen molar-refractivity contribution in [3.8, 4) is 5.69 Å². The fourth-order valence-corrected chi connectivity index (χ4v) is 3.50. The summed E-state index contributed by atoms with van der Waals surface area (Å²) in [4.78, 5) is 31.5. The molecule has 0 spiro atoms. The number of fused-ring (bicyclic) bond motifs is 1. The van der Waals surface area contributed by atoms with Gasteiger partial charge in [-0.1, -0.05) is 12.1 Å². The number of para-hydroxylation sites is 1. The zero-order valence-electron chi connectivity index (χ0n) is 13.8. The Balaban J connectivity index is 1.54. The summed E-state index contributed by atoms with van der Waals surface area (Å²) in [5.74, 6) is -0.414. The minimum atomic E-state index is -0.554. The molecule has 27 heavy (non-hydrogen) atoms. The molecule has 0 saturated carbocycles. The normalized spacial score (nSPS) is 10.8. The van der Waals surface area contributed by atoms with Crippen LogP contribution in [0.3, 0.4) is 0 Å². The van der Waals surface area contributed by atoms with Gasteiger partial charge < -0.3 is 5.32 Å². The lowest BCUT2D eigenvalue weighted by Gasteiger charge is -2.06. The number of carbonyl (C=O) groups is 1. The van der Waals surface area contributed by atoms with E-state index in [1.54, 1.807) is 0 Å². The van der Waals surface area contributed by atoms with E-state index in [-0.39, 0.29) is 23.5 Å². The summed E-state index contributed by atoms with van der Waals surface area (Å²) < 4.78 is 2.32. The van der Waals surface area contributed by atoms with Gasteiger partial charge in [0.25, 0.3) is 11.6 Å². The number of hydrogen-bond acceptors (Lipinski definition) is 7. The Hall–Kier alpha value is -3.66. The number of amides is 1. The molecule has 1 amide bonds. The number of carbonyl (C=O) groups excluding carboxylic acids is 1. The minimum absolute atomic E-state index is 0.187. The predicted octanol–water partition coefficient (Wildman–Crippen LogP) is 2.72. The van der Waals surface area contributed by atoms with E-state index < -0.39 is 10.8 Å². The summed E-state index contributed by atoms with van der Waals surface area (Å²) in [6, 6.07) is 11.9. The zero-order chi connectivity index (χ0) is 18.8. The van der Waals surface area contributed by atoms with Crippen molar-refractivity contribution in [2.24, 2.45) is 0 Å². The monoisotopic (exact) mass is 380 g/mol. The van der Waals surface area contributed by atoms with Crippen molar-refractivity contribution in [1.29, 1.82) is 0 Å². The molecule has 1 N–H and O–H groups in total.